The Morgan fingerprint density at radius 3 is 2.67 bits per heavy atom. The third kappa shape index (κ3) is 4.49. The monoisotopic (exact) mass is 292 g/mol. The number of amides is 2. The molecule has 0 unspecified atom stereocenters. The summed E-state index contributed by atoms with van der Waals surface area (Å²) in [6.45, 7) is -0.454. The largest absolute Gasteiger partial charge is 0.394 e. The highest BCUT2D eigenvalue weighted by molar-refractivity contribution is 5.95. The number of aromatic nitrogens is 2. The Bertz CT molecular complexity index is 474. The summed E-state index contributed by atoms with van der Waals surface area (Å²) in [4.78, 5) is 31.6. The molecule has 1 aromatic heterocycles. The summed E-state index contributed by atoms with van der Waals surface area (Å²) < 4.78 is 0. The van der Waals surface area contributed by atoms with Crippen LogP contribution in [0.3, 0.4) is 0 Å². The van der Waals surface area contributed by atoms with Crippen molar-refractivity contribution < 1.29 is 14.7 Å². The van der Waals surface area contributed by atoms with Crippen molar-refractivity contribution in [2.24, 2.45) is 0 Å². The number of carbonyl (C=O) groups is 2. The molecule has 0 radical (unpaired) electrons. The summed E-state index contributed by atoms with van der Waals surface area (Å²) in [5, 5.41) is 14.7. The molecule has 1 fully saturated rings. The van der Waals surface area contributed by atoms with Crippen molar-refractivity contribution in [3.05, 3.63) is 24.3 Å². The molecule has 1 saturated carbocycles. The first kappa shape index (κ1) is 15.4. The lowest BCUT2D eigenvalue weighted by Crippen LogP contribution is -2.51. The van der Waals surface area contributed by atoms with E-state index in [1.54, 1.807) is 0 Å². The van der Waals surface area contributed by atoms with Gasteiger partial charge in [-0.3, -0.25) is 14.6 Å². The molecule has 0 aliphatic heterocycles. The number of hydrogen-bond acceptors (Lipinski definition) is 5. The van der Waals surface area contributed by atoms with E-state index in [9.17, 15) is 14.7 Å². The average molecular weight is 292 g/mol. The molecule has 0 aromatic carbocycles. The van der Waals surface area contributed by atoms with Gasteiger partial charge in [0.1, 0.15) is 11.7 Å². The van der Waals surface area contributed by atoms with Crippen molar-refractivity contribution >= 4 is 11.8 Å². The molecule has 1 aromatic rings. The Hall–Kier alpha value is -2.02. The second-order valence-electron chi connectivity index (χ2n) is 5.14. The number of aliphatic hydroxyl groups excluding tert-OH is 1. The standard InChI is InChI=1S/C14H20N4O3/c19-9-12(14(21)17-10-4-2-1-3-5-10)18-13(20)11-8-15-6-7-16-11/h6-8,10,12,19H,1-5,9H2,(H,17,21)(H,18,20)/t12-/m0/s1. The van der Waals surface area contributed by atoms with Crippen LogP contribution in [-0.2, 0) is 4.79 Å². The summed E-state index contributed by atoms with van der Waals surface area (Å²) in [7, 11) is 0. The number of carbonyl (C=O) groups excluding carboxylic acids is 2. The van der Waals surface area contributed by atoms with Gasteiger partial charge in [0.2, 0.25) is 5.91 Å². The Balaban J connectivity index is 1.89. The van der Waals surface area contributed by atoms with Gasteiger partial charge in [-0.1, -0.05) is 19.3 Å². The number of aliphatic hydroxyl groups is 1. The van der Waals surface area contributed by atoms with Crippen LogP contribution in [-0.4, -0.2) is 45.6 Å². The van der Waals surface area contributed by atoms with Gasteiger partial charge in [-0.25, -0.2) is 4.98 Å². The molecule has 1 aliphatic carbocycles. The van der Waals surface area contributed by atoms with E-state index in [1.165, 1.54) is 25.0 Å². The topological polar surface area (TPSA) is 104 Å². The van der Waals surface area contributed by atoms with E-state index in [-0.39, 0.29) is 17.6 Å². The van der Waals surface area contributed by atoms with Crippen LogP contribution < -0.4 is 10.6 Å². The summed E-state index contributed by atoms with van der Waals surface area (Å²) in [5.74, 6) is -0.886. The van der Waals surface area contributed by atoms with E-state index in [0.29, 0.717) is 0 Å². The Kier molecular flexibility index (Phi) is 5.62. The zero-order valence-electron chi connectivity index (χ0n) is 11.8. The molecule has 1 aliphatic rings. The minimum absolute atomic E-state index is 0.112. The third-order valence-corrected chi connectivity index (χ3v) is 3.55. The predicted octanol–water partition coefficient (Wildman–Crippen LogP) is 0.0162. The molecular weight excluding hydrogens is 272 g/mol. The number of hydrogen-bond donors (Lipinski definition) is 3. The number of nitrogens with zero attached hydrogens (tertiary/aromatic N) is 2. The lowest BCUT2D eigenvalue weighted by atomic mass is 9.95. The fourth-order valence-electron chi connectivity index (χ4n) is 2.39. The lowest BCUT2D eigenvalue weighted by Gasteiger charge is -2.25. The van der Waals surface area contributed by atoms with E-state index >= 15 is 0 Å². The van der Waals surface area contributed by atoms with Crippen LogP contribution in [0.15, 0.2) is 18.6 Å². The SMILES string of the molecule is O=C(N[C@@H](CO)C(=O)NC1CCCCC1)c1cnccn1. The number of rotatable bonds is 5. The first-order valence-corrected chi connectivity index (χ1v) is 7.19. The van der Waals surface area contributed by atoms with Crippen LogP contribution in [0.25, 0.3) is 0 Å². The summed E-state index contributed by atoms with van der Waals surface area (Å²) in [6, 6.07) is -0.838. The predicted molar refractivity (Wildman–Crippen MR) is 75.4 cm³/mol. The molecule has 1 atom stereocenters. The van der Waals surface area contributed by atoms with Gasteiger partial charge in [0.25, 0.3) is 5.91 Å². The molecule has 1 heterocycles. The normalized spacial score (nSPS) is 17.0. The smallest absolute Gasteiger partial charge is 0.272 e. The maximum Gasteiger partial charge on any atom is 0.272 e. The molecule has 0 saturated heterocycles. The molecule has 2 amide bonds. The first-order chi connectivity index (χ1) is 10.2. The lowest BCUT2D eigenvalue weighted by molar-refractivity contribution is -0.124. The van der Waals surface area contributed by atoms with Crippen molar-refractivity contribution in [1.29, 1.82) is 0 Å². The van der Waals surface area contributed by atoms with E-state index in [2.05, 4.69) is 20.6 Å². The van der Waals surface area contributed by atoms with Crippen molar-refractivity contribution in [3.63, 3.8) is 0 Å². The highest BCUT2D eigenvalue weighted by Gasteiger charge is 2.24. The maximum atomic E-state index is 12.1. The third-order valence-electron chi connectivity index (χ3n) is 3.55. The molecule has 0 spiro atoms. The summed E-state index contributed by atoms with van der Waals surface area (Å²) >= 11 is 0. The molecule has 7 nitrogen and oxygen atoms in total. The van der Waals surface area contributed by atoms with Crippen LogP contribution in [0.2, 0.25) is 0 Å². The van der Waals surface area contributed by atoms with Crippen LogP contribution in [0.4, 0.5) is 0 Å². The second kappa shape index (κ2) is 7.68. The minimum atomic E-state index is -0.971. The first-order valence-electron chi connectivity index (χ1n) is 7.19. The van der Waals surface area contributed by atoms with Gasteiger partial charge in [-0.15, -0.1) is 0 Å². The quantitative estimate of drug-likeness (QED) is 0.709. The molecule has 114 valence electrons. The van der Waals surface area contributed by atoms with Gasteiger partial charge < -0.3 is 15.7 Å². The molecule has 7 heteroatoms. The van der Waals surface area contributed by atoms with Gasteiger partial charge in [0, 0.05) is 18.4 Å². The fourth-order valence-corrected chi connectivity index (χ4v) is 2.39. The zero-order chi connectivity index (χ0) is 15.1. The molecule has 21 heavy (non-hydrogen) atoms. The van der Waals surface area contributed by atoms with Crippen LogP contribution in [0.5, 0.6) is 0 Å². The van der Waals surface area contributed by atoms with E-state index < -0.39 is 18.6 Å². The molecule has 0 bridgehead atoms. The molecule has 3 N–H and O–H groups in total. The Morgan fingerprint density at radius 2 is 2.05 bits per heavy atom. The van der Waals surface area contributed by atoms with Gasteiger partial charge in [-0.05, 0) is 12.8 Å². The number of nitrogens with one attached hydrogen (secondary N) is 2. The van der Waals surface area contributed by atoms with Gasteiger partial charge in [-0.2, -0.15) is 0 Å². The highest BCUT2D eigenvalue weighted by atomic mass is 16.3. The van der Waals surface area contributed by atoms with E-state index in [1.807, 2.05) is 0 Å². The molecular formula is C14H20N4O3. The van der Waals surface area contributed by atoms with E-state index in [0.717, 1.165) is 25.7 Å². The Labute approximate surface area is 123 Å². The molecule has 2 rings (SSSR count). The van der Waals surface area contributed by atoms with E-state index in [4.69, 9.17) is 0 Å². The highest BCUT2D eigenvalue weighted by Crippen LogP contribution is 2.17. The summed E-state index contributed by atoms with van der Waals surface area (Å²) in [6.07, 6.45) is 9.44. The fraction of sp³-hybridized carbons (Fsp3) is 0.571. The average Bonchev–Trinajstić information content (AvgIpc) is 2.54. The Morgan fingerprint density at radius 1 is 1.29 bits per heavy atom. The maximum absolute atomic E-state index is 12.1. The van der Waals surface area contributed by atoms with Crippen LogP contribution in [0, 0.1) is 0 Å². The second-order valence-corrected chi connectivity index (χ2v) is 5.14. The van der Waals surface area contributed by atoms with Crippen molar-refractivity contribution in [3.8, 4) is 0 Å². The zero-order valence-corrected chi connectivity index (χ0v) is 11.8. The van der Waals surface area contributed by atoms with Crippen molar-refractivity contribution in [2.75, 3.05) is 6.61 Å². The van der Waals surface area contributed by atoms with Crippen LogP contribution >= 0.6 is 0 Å². The van der Waals surface area contributed by atoms with Crippen LogP contribution in [0.1, 0.15) is 42.6 Å². The van der Waals surface area contributed by atoms with Gasteiger partial charge in [0.15, 0.2) is 0 Å². The minimum Gasteiger partial charge on any atom is -0.394 e. The summed E-state index contributed by atoms with van der Waals surface area (Å²) in [5.41, 5.74) is 0.112. The van der Waals surface area contributed by atoms with Crippen molar-refractivity contribution in [1.82, 2.24) is 20.6 Å². The van der Waals surface area contributed by atoms with Crippen molar-refractivity contribution in [2.45, 2.75) is 44.2 Å². The van der Waals surface area contributed by atoms with Gasteiger partial charge in [0.05, 0.1) is 12.8 Å². The van der Waals surface area contributed by atoms with Gasteiger partial charge >= 0.3 is 0 Å².